The number of fused-ring (bicyclic) bond motifs is 1. The van der Waals surface area contributed by atoms with Gasteiger partial charge in [-0.3, -0.25) is 9.30 Å². The second-order valence-electron chi connectivity index (χ2n) is 6.52. The monoisotopic (exact) mass is 344 g/mol. The number of guanidine groups is 1. The molecule has 2 aromatic heterocycles. The average Bonchev–Trinajstić information content (AvgIpc) is 3.03. The van der Waals surface area contributed by atoms with E-state index in [2.05, 4.69) is 56.6 Å². The Morgan fingerprint density at radius 2 is 2.12 bits per heavy atom. The first-order chi connectivity index (χ1) is 12.2. The molecule has 2 aromatic rings. The first-order valence-electron chi connectivity index (χ1n) is 8.87. The van der Waals surface area contributed by atoms with E-state index in [0.29, 0.717) is 12.6 Å². The fourth-order valence-electron chi connectivity index (χ4n) is 3.03. The number of likely N-dealkylation sites (N-methyl/N-ethyl adjacent to an activating group) is 2. The van der Waals surface area contributed by atoms with E-state index in [9.17, 15) is 0 Å². The van der Waals surface area contributed by atoms with E-state index in [0.717, 1.165) is 50.2 Å². The molecule has 0 aliphatic carbocycles. The van der Waals surface area contributed by atoms with Crippen LogP contribution in [0.15, 0.2) is 29.4 Å². The number of pyridine rings is 1. The molecule has 0 aromatic carbocycles. The van der Waals surface area contributed by atoms with Crippen LogP contribution < -0.4 is 10.6 Å². The van der Waals surface area contributed by atoms with Gasteiger partial charge in [0, 0.05) is 45.0 Å². The molecule has 1 atom stereocenters. The van der Waals surface area contributed by atoms with Crippen LogP contribution in [-0.4, -0.2) is 83.2 Å². The number of rotatable bonds is 5. The number of nitrogens with one attached hydrogen (secondary N) is 2. The van der Waals surface area contributed by atoms with Gasteiger partial charge in [-0.15, -0.1) is 10.2 Å². The summed E-state index contributed by atoms with van der Waals surface area (Å²) in [6.45, 7) is 7.55. The van der Waals surface area contributed by atoms with Crippen molar-refractivity contribution in [3.05, 3.63) is 30.2 Å². The molecule has 1 aliphatic rings. The maximum Gasteiger partial charge on any atom is 0.191 e. The molecular formula is C17H28N8. The predicted molar refractivity (Wildman–Crippen MR) is 99.7 cm³/mol. The number of aliphatic imine (C=N–C) groups is 1. The lowest BCUT2D eigenvalue weighted by Crippen LogP contribution is -2.55. The van der Waals surface area contributed by atoms with Crippen LogP contribution in [0.1, 0.15) is 12.7 Å². The third-order valence-electron chi connectivity index (χ3n) is 4.59. The molecule has 1 fully saturated rings. The molecule has 1 saturated heterocycles. The fourth-order valence-corrected chi connectivity index (χ4v) is 3.03. The van der Waals surface area contributed by atoms with Crippen molar-refractivity contribution in [1.29, 1.82) is 0 Å². The smallest absolute Gasteiger partial charge is 0.191 e. The molecule has 0 radical (unpaired) electrons. The van der Waals surface area contributed by atoms with Crippen molar-refractivity contribution in [2.75, 3.05) is 46.8 Å². The summed E-state index contributed by atoms with van der Waals surface area (Å²) in [7, 11) is 4.36. The van der Waals surface area contributed by atoms with Crippen LogP contribution in [0, 0.1) is 0 Å². The first-order valence-corrected chi connectivity index (χ1v) is 8.87. The summed E-state index contributed by atoms with van der Waals surface area (Å²) in [6.07, 6.45) is 1.97. The van der Waals surface area contributed by atoms with Crippen molar-refractivity contribution in [3.8, 4) is 0 Å². The quantitative estimate of drug-likeness (QED) is 0.589. The van der Waals surface area contributed by atoms with Crippen LogP contribution in [0.5, 0.6) is 0 Å². The molecule has 8 nitrogen and oxygen atoms in total. The minimum atomic E-state index is 0.483. The molecule has 3 rings (SSSR count). The maximum absolute atomic E-state index is 4.67. The van der Waals surface area contributed by atoms with Gasteiger partial charge < -0.3 is 15.5 Å². The lowest BCUT2D eigenvalue weighted by Gasteiger charge is -2.37. The van der Waals surface area contributed by atoms with Gasteiger partial charge in [0.15, 0.2) is 17.4 Å². The molecule has 0 bridgehead atoms. The summed E-state index contributed by atoms with van der Waals surface area (Å²) in [5.41, 5.74) is 0.845. The van der Waals surface area contributed by atoms with Crippen LogP contribution in [-0.2, 0) is 6.54 Å². The summed E-state index contributed by atoms with van der Waals surface area (Å²) in [5.74, 6) is 1.65. The fraction of sp³-hybridized carbons (Fsp3) is 0.588. The standard InChI is InChI=1S/C17H28N8/c1-4-18-17(19-11-14-13-23(2)9-10-24(14)3)20-12-16-22-21-15-7-5-6-8-25(15)16/h5-8,14H,4,9-13H2,1-3H3,(H2,18,19,20). The number of hydrogen-bond donors (Lipinski definition) is 2. The number of piperazine rings is 1. The van der Waals surface area contributed by atoms with Gasteiger partial charge in [-0.1, -0.05) is 6.07 Å². The van der Waals surface area contributed by atoms with Crippen molar-refractivity contribution in [2.24, 2.45) is 4.99 Å². The summed E-state index contributed by atoms with van der Waals surface area (Å²) < 4.78 is 1.97. The Labute approximate surface area is 148 Å². The van der Waals surface area contributed by atoms with E-state index < -0.39 is 0 Å². The second-order valence-corrected chi connectivity index (χ2v) is 6.52. The molecule has 3 heterocycles. The third-order valence-corrected chi connectivity index (χ3v) is 4.59. The van der Waals surface area contributed by atoms with Crippen LogP contribution in [0.4, 0.5) is 0 Å². The van der Waals surface area contributed by atoms with Crippen LogP contribution in [0.25, 0.3) is 5.65 Å². The molecule has 0 spiro atoms. The zero-order valence-corrected chi connectivity index (χ0v) is 15.3. The van der Waals surface area contributed by atoms with Gasteiger partial charge in [-0.05, 0) is 33.2 Å². The SMILES string of the molecule is CCNC(=NCc1nnc2ccccn12)NCC1CN(C)CCN1C. The molecule has 2 N–H and O–H groups in total. The van der Waals surface area contributed by atoms with Crippen molar-refractivity contribution in [1.82, 2.24) is 35.0 Å². The highest BCUT2D eigenvalue weighted by Crippen LogP contribution is 2.05. The Morgan fingerprint density at radius 3 is 2.96 bits per heavy atom. The van der Waals surface area contributed by atoms with Crippen LogP contribution in [0.2, 0.25) is 0 Å². The Morgan fingerprint density at radius 1 is 1.24 bits per heavy atom. The average molecular weight is 344 g/mol. The Hall–Kier alpha value is -2.19. The molecule has 0 amide bonds. The molecule has 1 unspecified atom stereocenters. The molecular weight excluding hydrogens is 316 g/mol. The lowest BCUT2D eigenvalue weighted by molar-refractivity contribution is 0.116. The van der Waals surface area contributed by atoms with Crippen molar-refractivity contribution in [3.63, 3.8) is 0 Å². The van der Waals surface area contributed by atoms with E-state index in [1.54, 1.807) is 0 Å². The number of aromatic nitrogens is 3. The zero-order chi connectivity index (χ0) is 17.6. The van der Waals surface area contributed by atoms with Gasteiger partial charge in [-0.2, -0.15) is 0 Å². The number of nitrogens with zero attached hydrogens (tertiary/aromatic N) is 6. The second kappa shape index (κ2) is 8.26. The summed E-state index contributed by atoms with van der Waals surface area (Å²) >= 11 is 0. The van der Waals surface area contributed by atoms with Crippen molar-refractivity contribution >= 4 is 11.6 Å². The summed E-state index contributed by atoms with van der Waals surface area (Å²) in [4.78, 5) is 9.45. The van der Waals surface area contributed by atoms with E-state index in [1.807, 2.05) is 28.8 Å². The van der Waals surface area contributed by atoms with Gasteiger partial charge in [0.25, 0.3) is 0 Å². The molecule has 8 heteroatoms. The lowest BCUT2D eigenvalue weighted by atomic mass is 10.2. The molecule has 136 valence electrons. The highest BCUT2D eigenvalue weighted by atomic mass is 15.3. The van der Waals surface area contributed by atoms with E-state index in [1.165, 1.54) is 0 Å². The predicted octanol–water partition coefficient (Wildman–Crippen LogP) is 0.0302. The summed E-state index contributed by atoms with van der Waals surface area (Å²) in [6, 6.07) is 6.36. The highest BCUT2D eigenvalue weighted by molar-refractivity contribution is 5.79. The third kappa shape index (κ3) is 4.46. The Kier molecular flexibility index (Phi) is 5.83. The maximum atomic E-state index is 4.67. The Bertz CT molecular complexity index is 709. The van der Waals surface area contributed by atoms with Crippen molar-refractivity contribution in [2.45, 2.75) is 19.5 Å². The Balaban J connectivity index is 1.63. The largest absolute Gasteiger partial charge is 0.357 e. The van der Waals surface area contributed by atoms with Gasteiger partial charge in [0.1, 0.15) is 6.54 Å². The van der Waals surface area contributed by atoms with Gasteiger partial charge in [0.2, 0.25) is 0 Å². The minimum Gasteiger partial charge on any atom is -0.357 e. The van der Waals surface area contributed by atoms with Gasteiger partial charge >= 0.3 is 0 Å². The summed E-state index contributed by atoms with van der Waals surface area (Å²) in [5, 5.41) is 15.2. The van der Waals surface area contributed by atoms with E-state index in [4.69, 9.17) is 0 Å². The van der Waals surface area contributed by atoms with Gasteiger partial charge in [-0.25, -0.2) is 4.99 Å². The molecule has 1 aliphatic heterocycles. The zero-order valence-electron chi connectivity index (χ0n) is 15.3. The molecule has 25 heavy (non-hydrogen) atoms. The van der Waals surface area contributed by atoms with E-state index in [-0.39, 0.29) is 0 Å². The first kappa shape index (κ1) is 17.6. The van der Waals surface area contributed by atoms with Crippen LogP contribution >= 0.6 is 0 Å². The van der Waals surface area contributed by atoms with Crippen molar-refractivity contribution < 1.29 is 0 Å². The molecule has 0 saturated carbocycles. The normalized spacial score (nSPS) is 20.1. The van der Waals surface area contributed by atoms with Crippen LogP contribution in [0.3, 0.4) is 0 Å². The number of hydrogen-bond acceptors (Lipinski definition) is 5. The van der Waals surface area contributed by atoms with E-state index >= 15 is 0 Å². The minimum absolute atomic E-state index is 0.483. The van der Waals surface area contributed by atoms with Gasteiger partial charge in [0.05, 0.1) is 0 Å². The topological polar surface area (TPSA) is 73.1 Å². The highest BCUT2D eigenvalue weighted by Gasteiger charge is 2.22.